The van der Waals surface area contributed by atoms with Gasteiger partial charge < -0.3 is 24.9 Å². The molecule has 1 unspecified atom stereocenters. The van der Waals surface area contributed by atoms with E-state index in [1.54, 1.807) is 4.90 Å². The Morgan fingerprint density at radius 2 is 2.53 bits per heavy atom. The fourth-order valence-corrected chi connectivity index (χ4v) is 1.66. The lowest BCUT2D eigenvalue weighted by atomic mass is 10.2. The van der Waals surface area contributed by atoms with E-state index in [0.29, 0.717) is 6.54 Å². The summed E-state index contributed by atoms with van der Waals surface area (Å²) in [7, 11) is 0. The maximum absolute atomic E-state index is 10.8. The summed E-state index contributed by atoms with van der Waals surface area (Å²) in [5, 5.41) is 25.4. The first-order chi connectivity index (χ1) is 8.09. The van der Waals surface area contributed by atoms with Crippen molar-refractivity contribution in [2.24, 2.45) is 0 Å². The van der Waals surface area contributed by atoms with Crippen molar-refractivity contribution in [1.82, 2.24) is 10.2 Å². The number of H-pyrrole nitrogens is 1. The van der Waals surface area contributed by atoms with E-state index in [1.807, 2.05) is 0 Å². The van der Waals surface area contributed by atoms with Crippen LogP contribution in [0.15, 0.2) is 6.20 Å². The molecule has 0 bridgehead atoms. The number of aromatic amines is 1. The van der Waals surface area contributed by atoms with Gasteiger partial charge in [0.15, 0.2) is 11.8 Å². The fourth-order valence-electron chi connectivity index (χ4n) is 1.66. The standard InChI is InChI=1S/C8H10N4O5/c13-8(14)6-4-11(1-2-17-6)5-3-9-10-7(5)12(15)16/h3,6H,1-2,4H2,(H,9,10)(H,13,14). The third kappa shape index (κ3) is 2.18. The van der Waals surface area contributed by atoms with Gasteiger partial charge in [0.05, 0.1) is 13.2 Å². The van der Waals surface area contributed by atoms with Gasteiger partial charge in [-0.25, -0.2) is 4.79 Å². The van der Waals surface area contributed by atoms with E-state index in [1.165, 1.54) is 6.20 Å². The number of aromatic nitrogens is 2. The largest absolute Gasteiger partial charge is 0.479 e. The van der Waals surface area contributed by atoms with Gasteiger partial charge in [0, 0.05) is 6.54 Å². The number of morpholine rings is 1. The molecule has 9 heteroatoms. The van der Waals surface area contributed by atoms with Gasteiger partial charge in [0.2, 0.25) is 0 Å². The summed E-state index contributed by atoms with van der Waals surface area (Å²) in [5.41, 5.74) is 0.282. The summed E-state index contributed by atoms with van der Waals surface area (Å²) in [5.74, 6) is -1.32. The summed E-state index contributed by atoms with van der Waals surface area (Å²) in [6.07, 6.45) is 0.334. The van der Waals surface area contributed by atoms with E-state index in [9.17, 15) is 14.9 Å². The van der Waals surface area contributed by atoms with Gasteiger partial charge in [-0.05, 0) is 4.92 Å². The first-order valence-electron chi connectivity index (χ1n) is 4.86. The topological polar surface area (TPSA) is 122 Å². The van der Waals surface area contributed by atoms with Crippen LogP contribution < -0.4 is 4.90 Å². The number of carboxylic acid groups (broad SMARTS) is 1. The van der Waals surface area contributed by atoms with Gasteiger partial charge in [-0.2, -0.15) is 0 Å². The number of nitrogens with zero attached hydrogens (tertiary/aromatic N) is 3. The quantitative estimate of drug-likeness (QED) is 0.546. The lowest BCUT2D eigenvalue weighted by Crippen LogP contribution is -2.46. The summed E-state index contributed by atoms with van der Waals surface area (Å²) < 4.78 is 5.03. The number of rotatable bonds is 3. The van der Waals surface area contributed by atoms with E-state index in [0.717, 1.165) is 0 Å². The van der Waals surface area contributed by atoms with Crippen molar-refractivity contribution in [3.8, 4) is 0 Å². The second-order valence-electron chi connectivity index (χ2n) is 3.50. The van der Waals surface area contributed by atoms with Crippen LogP contribution in [0.2, 0.25) is 0 Å². The summed E-state index contributed by atoms with van der Waals surface area (Å²) in [6, 6.07) is 0. The van der Waals surface area contributed by atoms with E-state index < -0.39 is 17.0 Å². The van der Waals surface area contributed by atoms with E-state index in [4.69, 9.17) is 9.84 Å². The second-order valence-corrected chi connectivity index (χ2v) is 3.50. The highest BCUT2D eigenvalue weighted by Crippen LogP contribution is 2.26. The average molecular weight is 242 g/mol. The van der Waals surface area contributed by atoms with Crippen LogP contribution in [0.1, 0.15) is 0 Å². The Bertz CT molecular complexity index is 445. The molecule has 2 rings (SSSR count). The van der Waals surface area contributed by atoms with Crippen LogP contribution in [0.3, 0.4) is 0 Å². The van der Waals surface area contributed by atoms with Crippen molar-refractivity contribution in [2.45, 2.75) is 6.10 Å². The van der Waals surface area contributed by atoms with Gasteiger partial charge in [0.25, 0.3) is 0 Å². The SMILES string of the molecule is O=C(O)C1CN(c2cn[nH]c2[N+](=O)[O-])CCO1. The molecule has 0 amide bonds. The van der Waals surface area contributed by atoms with E-state index >= 15 is 0 Å². The number of nitrogens with one attached hydrogen (secondary N) is 1. The Morgan fingerprint density at radius 3 is 3.18 bits per heavy atom. The zero-order valence-electron chi connectivity index (χ0n) is 8.70. The van der Waals surface area contributed by atoms with Crippen LogP contribution in [0.4, 0.5) is 11.5 Å². The third-order valence-corrected chi connectivity index (χ3v) is 2.47. The molecule has 9 nitrogen and oxygen atoms in total. The zero-order valence-corrected chi connectivity index (χ0v) is 8.70. The Labute approximate surface area is 95.1 Å². The highest BCUT2D eigenvalue weighted by atomic mass is 16.6. The van der Waals surface area contributed by atoms with Crippen molar-refractivity contribution in [3.05, 3.63) is 16.3 Å². The Morgan fingerprint density at radius 1 is 1.76 bits per heavy atom. The smallest absolute Gasteiger partial charge is 0.366 e. The Balaban J connectivity index is 2.19. The average Bonchev–Trinajstić information content (AvgIpc) is 2.78. The normalized spacial score (nSPS) is 20.2. The molecule has 1 aliphatic rings. The van der Waals surface area contributed by atoms with Crippen LogP contribution in [-0.2, 0) is 9.53 Å². The van der Waals surface area contributed by atoms with Crippen molar-refractivity contribution in [2.75, 3.05) is 24.6 Å². The predicted octanol–water partition coefficient (Wildman–Crippen LogP) is -0.392. The number of ether oxygens (including phenoxy) is 1. The van der Waals surface area contributed by atoms with Crippen LogP contribution in [0, 0.1) is 10.1 Å². The molecule has 2 heterocycles. The van der Waals surface area contributed by atoms with Crippen molar-refractivity contribution in [3.63, 3.8) is 0 Å². The molecule has 2 N–H and O–H groups in total. The van der Waals surface area contributed by atoms with Crippen LogP contribution in [0.5, 0.6) is 0 Å². The molecule has 17 heavy (non-hydrogen) atoms. The number of anilines is 1. The highest BCUT2D eigenvalue weighted by molar-refractivity contribution is 5.74. The molecule has 0 radical (unpaired) electrons. The predicted molar refractivity (Wildman–Crippen MR) is 54.8 cm³/mol. The molecule has 0 aliphatic carbocycles. The zero-order chi connectivity index (χ0) is 12.4. The van der Waals surface area contributed by atoms with Gasteiger partial charge >= 0.3 is 11.8 Å². The van der Waals surface area contributed by atoms with Gasteiger partial charge in [0.1, 0.15) is 6.20 Å². The molecule has 1 aromatic heterocycles. The van der Waals surface area contributed by atoms with Crippen molar-refractivity contribution >= 4 is 17.5 Å². The minimum absolute atomic E-state index is 0.0652. The highest BCUT2D eigenvalue weighted by Gasteiger charge is 2.30. The first kappa shape index (κ1) is 11.3. The summed E-state index contributed by atoms with van der Waals surface area (Å²) >= 11 is 0. The van der Waals surface area contributed by atoms with Gasteiger partial charge in [-0.3, -0.25) is 0 Å². The fraction of sp³-hybridized carbons (Fsp3) is 0.500. The molecule has 1 saturated heterocycles. The number of hydrogen-bond acceptors (Lipinski definition) is 6. The maximum Gasteiger partial charge on any atom is 0.366 e. The molecular formula is C8H10N4O5. The molecule has 1 atom stereocenters. The summed E-state index contributed by atoms with van der Waals surface area (Å²) in [4.78, 5) is 22.5. The molecule has 1 aliphatic heterocycles. The number of hydrogen-bond donors (Lipinski definition) is 2. The molecule has 0 saturated carbocycles. The lowest BCUT2D eigenvalue weighted by Gasteiger charge is -2.30. The monoisotopic (exact) mass is 242 g/mol. The number of carbonyl (C=O) groups is 1. The minimum atomic E-state index is -1.08. The minimum Gasteiger partial charge on any atom is -0.479 e. The van der Waals surface area contributed by atoms with Gasteiger partial charge in [-0.15, -0.1) is 5.10 Å². The van der Waals surface area contributed by atoms with Crippen LogP contribution in [0.25, 0.3) is 0 Å². The summed E-state index contributed by atoms with van der Waals surface area (Å²) in [6.45, 7) is 0.666. The van der Waals surface area contributed by atoms with Crippen molar-refractivity contribution in [1.29, 1.82) is 0 Å². The Hall–Kier alpha value is -2.16. The van der Waals surface area contributed by atoms with Crippen LogP contribution >= 0.6 is 0 Å². The molecule has 0 aromatic carbocycles. The molecule has 1 aromatic rings. The second kappa shape index (κ2) is 4.37. The third-order valence-electron chi connectivity index (χ3n) is 2.47. The lowest BCUT2D eigenvalue weighted by molar-refractivity contribution is -0.388. The molecule has 1 fully saturated rings. The molecule has 0 spiro atoms. The van der Waals surface area contributed by atoms with Crippen LogP contribution in [-0.4, -0.2) is 52.0 Å². The first-order valence-corrected chi connectivity index (χ1v) is 4.86. The number of aliphatic carboxylic acids is 1. The molecular weight excluding hydrogens is 232 g/mol. The van der Waals surface area contributed by atoms with Crippen molar-refractivity contribution < 1.29 is 19.6 Å². The number of nitro groups is 1. The van der Waals surface area contributed by atoms with E-state index in [-0.39, 0.29) is 24.7 Å². The maximum atomic E-state index is 10.8. The Kier molecular flexibility index (Phi) is 2.91. The number of carboxylic acids is 1. The molecule has 92 valence electrons. The van der Waals surface area contributed by atoms with E-state index in [2.05, 4.69) is 10.2 Å². The van der Waals surface area contributed by atoms with Gasteiger partial charge in [-0.1, -0.05) is 5.10 Å².